The monoisotopic (exact) mass is 433 g/mol. The lowest BCUT2D eigenvalue weighted by molar-refractivity contribution is -0.141. The Balaban J connectivity index is 1.95. The second-order valence-electron chi connectivity index (χ2n) is 7.42. The van der Waals surface area contributed by atoms with Crippen molar-refractivity contribution in [1.82, 2.24) is 14.5 Å². The Hall–Kier alpha value is -2.93. The number of nitriles is 1. The molecule has 0 bridgehead atoms. The van der Waals surface area contributed by atoms with Gasteiger partial charge in [-0.15, -0.1) is 0 Å². The van der Waals surface area contributed by atoms with E-state index in [1.165, 1.54) is 0 Å². The molecule has 156 valence electrons. The molecule has 1 N–H and O–H groups in total. The minimum Gasteiger partial charge on any atom is -0.326 e. The number of benzene rings is 1. The highest BCUT2D eigenvalue weighted by Gasteiger charge is 2.45. The molecule has 0 saturated heterocycles. The van der Waals surface area contributed by atoms with Gasteiger partial charge in [-0.25, -0.2) is 19.0 Å². The first-order chi connectivity index (χ1) is 14.0. The Labute approximate surface area is 171 Å². The molecule has 2 aromatic heterocycles. The van der Waals surface area contributed by atoms with Crippen LogP contribution in [-0.4, -0.2) is 24.5 Å². The van der Waals surface area contributed by atoms with E-state index in [4.69, 9.17) is 4.78 Å². The quantitative estimate of drug-likeness (QED) is 0.649. The molecule has 1 aliphatic rings. The van der Waals surface area contributed by atoms with Crippen molar-refractivity contribution in [3.63, 3.8) is 0 Å². The second kappa shape index (κ2) is 6.54. The van der Waals surface area contributed by atoms with Crippen LogP contribution < -0.4 is 0 Å². The predicted molar refractivity (Wildman–Crippen MR) is 105 cm³/mol. The van der Waals surface area contributed by atoms with E-state index in [0.29, 0.717) is 35.3 Å². The molecule has 3 aromatic rings. The number of fused-ring (bicyclic) bond motifs is 1. The molecule has 1 aromatic carbocycles. The summed E-state index contributed by atoms with van der Waals surface area (Å²) in [5.74, 6) is 0.357. The average Bonchev–Trinajstić information content (AvgIpc) is 3.45. The van der Waals surface area contributed by atoms with Crippen molar-refractivity contribution < 1.29 is 17.4 Å². The van der Waals surface area contributed by atoms with Crippen LogP contribution >= 0.6 is 0 Å². The van der Waals surface area contributed by atoms with Crippen LogP contribution in [0.4, 0.5) is 13.2 Å². The van der Waals surface area contributed by atoms with E-state index in [9.17, 15) is 22.6 Å². The normalized spacial score (nSPS) is 17.5. The predicted octanol–water partition coefficient (Wildman–Crippen LogP) is 4.63. The Kier molecular flexibility index (Phi) is 4.43. The molecular formula is C20H18F3N5OS. The molecule has 1 fully saturated rings. The Morgan fingerprint density at radius 2 is 2.03 bits per heavy atom. The minimum absolute atomic E-state index is 0.0622. The summed E-state index contributed by atoms with van der Waals surface area (Å²) >= 11 is 0. The molecule has 0 radical (unpaired) electrons. The third-order valence-corrected chi connectivity index (χ3v) is 7.42. The molecule has 1 saturated carbocycles. The van der Waals surface area contributed by atoms with Gasteiger partial charge >= 0.3 is 6.18 Å². The number of nitrogens with one attached hydrogen (secondary N) is 1. The largest absolute Gasteiger partial charge is 0.433 e. The van der Waals surface area contributed by atoms with Crippen molar-refractivity contribution in [1.29, 1.82) is 10.0 Å². The van der Waals surface area contributed by atoms with Gasteiger partial charge in [-0.3, -0.25) is 0 Å². The minimum atomic E-state index is -4.59. The summed E-state index contributed by atoms with van der Waals surface area (Å²) in [6.07, 6.45) is -2.08. The third-order valence-electron chi connectivity index (χ3n) is 5.56. The highest BCUT2D eigenvalue weighted by molar-refractivity contribution is 7.92. The number of aryl methyl sites for hydroxylation is 1. The molecule has 4 rings (SSSR count). The van der Waals surface area contributed by atoms with Crippen molar-refractivity contribution in [2.45, 2.75) is 36.3 Å². The van der Waals surface area contributed by atoms with Crippen molar-refractivity contribution in [3.8, 4) is 17.5 Å². The molecule has 0 aliphatic heterocycles. The lowest BCUT2D eigenvalue weighted by Crippen LogP contribution is -2.10. The molecule has 6 nitrogen and oxygen atoms in total. The van der Waals surface area contributed by atoms with Gasteiger partial charge in [0.15, 0.2) is 0 Å². The van der Waals surface area contributed by atoms with Crippen molar-refractivity contribution in [2.24, 2.45) is 7.05 Å². The number of halogens is 3. The number of alkyl halides is 3. The highest BCUT2D eigenvalue weighted by Crippen LogP contribution is 2.48. The van der Waals surface area contributed by atoms with Gasteiger partial charge in [0, 0.05) is 18.4 Å². The Morgan fingerprint density at radius 1 is 1.33 bits per heavy atom. The van der Waals surface area contributed by atoms with Crippen LogP contribution in [0.1, 0.15) is 31.0 Å². The lowest BCUT2D eigenvalue weighted by Gasteiger charge is -2.15. The second-order valence-corrected chi connectivity index (χ2v) is 9.79. The third kappa shape index (κ3) is 3.13. The van der Waals surface area contributed by atoms with Gasteiger partial charge < -0.3 is 4.57 Å². The van der Waals surface area contributed by atoms with E-state index < -0.39 is 27.0 Å². The van der Waals surface area contributed by atoms with E-state index in [0.717, 1.165) is 12.3 Å². The van der Waals surface area contributed by atoms with Crippen molar-refractivity contribution in [2.75, 3.05) is 5.75 Å². The Morgan fingerprint density at radius 3 is 2.60 bits per heavy atom. The number of aromatic nitrogens is 3. The number of pyridine rings is 1. The summed E-state index contributed by atoms with van der Waals surface area (Å²) in [6.45, 7) is 1.64. The van der Waals surface area contributed by atoms with Crippen molar-refractivity contribution >= 4 is 20.8 Å². The van der Waals surface area contributed by atoms with Crippen LogP contribution in [0.3, 0.4) is 0 Å². The number of rotatable bonds is 4. The maximum absolute atomic E-state index is 13.0. The molecule has 1 atom stereocenters. The first-order valence-electron chi connectivity index (χ1n) is 9.25. The van der Waals surface area contributed by atoms with Crippen LogP contribution in [0, 0.1) is 16.1 Å². The zero-order valence-corrected chi connectivity index (χ0v) is 17.1. The first kappa shape index (κ1) is 20.3. The standard InChI is InChI=1S/C20H18F3N5OS/c1-3-30(25,29)16-8-12(19(11-24)6-7-19)4-5-13(16)18-27-14-9-17(20(21,22)23)26-10-15(14)28(18)2/h4-5,8-10,25H,3,6-7H2,1-2H3. The average molecular weight is 433 g/mol. The van der Waals surface area contributed by atoms with Gasteiger partial charge in [0.1, 0.15) is 11.5 Å². The van der Waals surface area contributed by atoms with E-state index in [1.54, 1.807) is 36.7 Å². The topological polar surface area (TPSA) is 95.4 Å². The van der Waals surface area contributed by atoms with E-state index in [2.05, 4.69) is 16.0 Å². The van der Waals surface area contributed by atoms with E-state index >= 15 is 0 Å². The molecular weight excluding hydrogens is 415 g/mol. The highest BCUT2D eigenvalue weighted by atomic mass is 32.2. The molecule has 30 heavy (non-hydrogen) atoms. The van der Waals surface area contributed by atoms with Crippen LogP contribution in [-0.2, 0) is 28.4 Å². The number of imidazole rings is 1. The van der Waals surface area contributed by atoms with Crippen LogP contribution in [0.15, 0.2) is 35.4 Å². The fourth-order valence-corrected chi connectivity index (χ4v) is 4.65. The van der Waals surface area contributed by atoms with Gasteiger partial charge in [0.05, 0.1) is 43.3 Å². The molecule has 0 amide bonds. The molecule has 1 unspecified atom stereocenters. The van der Waals surface area contributed by atoms with Gasteiger partial charge in [-0.05, 0) is 36.6 Å². The van der Waals surface area contributed by atoms with E-state index in [-0.39, 0.29) is 16.2 Å². The van der Waals surface area contributed by atoms with Crippen LogP contribution in [0.2, 0.25) is 0 Å². The summed E-state index contributed by atoms with van der Waals surface area (Å²) in [7, 11) is -1.55. The first-order valence-corrected chi connectivity index (χ1v) is 11.0. The van der Waals surface area contributed by atoms with Gasteiger partial charge in [0.25, 0.3) is 0 Å². The molecule has 1 aliphatic carbocycles. The summed E-state index contributed by atoms with van der Waals surface area (Å²) in [5, 5.41) is 9.49. The molecule has 2 heterocycles. The van der Waals surface area contributed by atoms with Crippen molar-refractivity contribution in [3.05, 3.63) is 41.7 Å². The van der Waals surface area contributed by atoms with Gasteiger partial charge in [-0.2, -0.15) is 18.4 Å². The number of nitrogens with zero attached hydrogens (tertiary/aromatic N) is 4. The maximum Gasteiger partial charge on any atom is 0.433 e. The zero-order chi connectivity index (χ0) is 21.9. The Bertz CT molecular complexity index is 1310. The summed E-state index contributed by atoms with van der Waals surface area (Å²) < 4.78 is 62.0. The fourth-order valence-electron chi connectivity index (χ4n) is 3.51. The van der Waals surface area contributed by atoms with Crippen LogP contribution in [0.25, 0.3) is 22.4 Å². The molecule has 10 heteroatoms. The zero-order valence-electron chi connectivity index (χ0n) is 16.2. The lowest BCUT2D eigenvalue weighted by atomic mass is 9.96. The SMILES string of the molecule is CCS(=N)(=O)c1cc(C2(C#N)CC2)ccc1-c1nc2cc(C(F)(F)F)ncc2n1C. The smallest absolute Gasteiger partial charge is 0.326 e. The summed E-state index contributed by atoms with van der Waals surface area (Å²) in [4.78, 5) is 8.07. The van der Waals surface area contributed by atoms with Gasteiger partial charge in [-0.1, -0.05) is 13.0 Å². The van der Waals surface area contributed by atoms with E-state index in [1.807, 2.05) is 0 Å². The van der Waals surface area contributed by atoms with Crippen LogP contribution in [0.5, 0.6) is 0 Å². The number of hydrogen-bond donors (Lipinski definition) is 1. The molecule has 0 spiro atoms. The number of hydrogen-bond acceptors (Lipinski definition) is 5. The van der Waals surface area contributed by atoms with Gasteiger partial charge in [0.2, 0.25) is 0 Å². The summed E-state index contributed by atoms with van der Waals surface area (Å²) in [6, 6.07) is 8.20. The maximum atomic E-state index is 13.0. The fraction of sp³-hybridized carbons (Fsp3) is 0.350. The summed E-state index contributed by atoms with van der Waals surface area (Å²) in [5.41, 5.74) is -0.0597.